The molecule has 0 aliphatic carbocycles. The van der Waals surface area contributed by atoms with Crippen molar-refractivity contribution in [3.8, 4) is 0 Å². The van der Waals surface area contributed by atoms with Gasteiger partial charge in [-0.3, -0.25) is 4.79 Å². The minimum Gasteiger partial charge on any atom is -0.481 e. The van der Waals surface area contributed by atoms with Gasteiger partial charge >= 0.3 is 11.9 Å². The van der Waals surface area contributed by atoms with Crippen LogP contribution < -0.4 is 5.32 Å². The van der Waals surface area contributed by atoms with Gasteiger partial charge in [0.2, 0.25) is 0 Å². The molecule has 0 saturated heterocycles. The number of ether oxygens (including phenoxy) is 1. The van der Waals surface area contributed by atoms with Crippen LogP contribution in [0.15, 0.2) is 24.3 Å². The fourth-order valence-corrected chi connectivity index (χ4v) is 1.30. The molecule has 1 rings (SSSR count). The number of carboxylic acid groups (broad SMARTS) is 1. The summed E-state index contributed by atoms with van der Waals surface area (Å²) in [5.74, 6) is -1.19. The second-order valence-electron chi connectivity index (χ2n) is 3.51. The van der Waals surface area contributed by atoms with E-state index in [9.17, 15) is 9.59 Å². The minimum atomic E-state index is -0.821. The van der Waals surface area contributed by atoms with Gasteiger partial charge in [0.25, 0.3) is 0 Å². The average Bonchev–Trinajstić information content (AvgIpc) is 2.34. The lowest BCUT2D eigenvalue weighted by atomic mass is 10.1. The van der Waals surface area contributed by atoms with Crippen LogP contribution in [0.5, 0.6) is 0 Å². The highest BCUT2D eigenvalue weighted by Gasteiger charge is 2.04. The highest BCUT2D eigenvalue weighted by molar-refractivity contribution is 5.89. The summed E-state index contributed by atoms with van der Waals surface area (Å²) in [5, 5.41) is 11.4. The van der Waals surface area contributed by atoms with Gasteiger partial charge in [0.15, 0.2) is 0 Å². The molecule has 0 radical (unpaired) electrons. The van der Waals surface area contributed by atoms with Gasteiger partial charge in [0.05, 0.1) is 19.1 Å². The Hall–Kier alpha value is -1.88. The normalized spacial score (nSPS) is 9.94. The Morgan fingerprint density at radius 2 is 1.94 bits per heavy atom. The van der Waals surface area contributed by atoms with Gasteiger partial charge in [-0.15, -0.1) is 0 Å². The molecule has 5 heteroatoms. The van der Waals surface area contributed by atoms with Gasteiger partial charge in [-0.05, 0) is 17.7 Å². The molecular formula is C12H15NO4. The first-order valence-electron chi connectivity index (χ1n) is 5.23. The Morgan fingerprint density at radius 1 is 1.29 bits per heavy atom. The monoisotopic (exact) mass is 237 g/mol. The average molecular weight is 237 g/mol. The van der Waals surface area contributed by atoms with Gasteiger partial charge in [0.1, 0.15) is 0 Å². The molecule has 0 saturated carbocycles. The van der Waals surface area contributed by atoms with Crippen LogP contribution in [0.25, 0.3) is 0 Å². The summed E-state index contributed by atoms with van der Waals surface area (Å²) in [6.45, 7) is 1.00. The third-order valence-electron chi connectivity index (χ3n) is 2.22. The molecule has 0 aliphatic rings. The van der Waals surface area contributed by atoms with Crippen molar-refractivity contribution in [3.05, 3.63) is 35.4 Å². The molecule has 0 amide bonds. The van der Waals surface area contributed by atoms with Crippen molar-refractivity contribution in [1.82, 2.24) is 5.32 Å². The number of hydrogen-bond acceptors (Lipinski definition) is 4. The van der Waals surface area contributed by atoms with E-state index in [4.69, 9.17) is 5.11 Å². The standard InChI is InChI=1S/C12H15NO4/c1-17-12(16)10-4-2-9(3-5-10)8-13-7-6-11(14)15/h2-5,13H,6-8H2,1H3,(H,14,15). The second kappa shape index (κ2) is 6.65. The molecular weight excluding hydrogens is 222 g/mol. The van der Waals surface area contributed by atoms with Crippen LogP contribution in [0.1, 0.15) is 22.3 Å². The van der Waals surface area contributed by atoms with E-state index >= 15 is 0 Å². The zero-order valence-corrected chi connectivity index (χ0v) is 9.60. The van der Waals surface area contributed by atoms with Crippen molar-refractivity contribution in [2.75, 3.05) is 13.7 Å². The summed E-state index contributed by atoms with van der Waals surface area (Å²) in [6, 6.07) is 6.97. The van der Waals surface area contributed by atoms with Crippen LogP contribution in [-0.4, -0.2) is 30.7 Å². The number of carbonyl (C=O) groups is 2. The number of benzene rings is 1. The summed E-state index contributed by atoms with van der Waals surface area (Å²) < 4.78 is 4.58. The molecule has 1 aromatic carbocycles. The molecule has 0 spiro atoms. The van der Waals surface area contributed by atoms with Crippen molar-refractivity contribution in [2.45, 2.75) is 13.0 Å². The maximum atomic E-state index is 11.2. The molecule has 17 heavy (non-hydrogen) atoms. The summed E-state index contributed by atoms with van der Waals surface area (Å²) >= 11 is 0. The Labute approximate surface area is 99.4 Å². The molecule has 0 heterocycles. The maximum Gasteiger partial charge on any atom is 0.337 e. The van der Waals surface area contributed by atoms with E-state index in [0.717, 1.165) is 5.56 Å². The second-order valence-corrected chi connectivity index (χ2v) is 3.51. The number of nitrogens with one attached hydrogen (secondary N) is 1. The third kappa shape index (κ3) is 4.65. The van der Waals surface area contributed by atoms with Crippen LogP contribution in [0.4, 0.5) is 0 Å². The predicted molar refractivity (Wildman–Crippen MR) is 61.7 cm³/mol. The SMILES string of the molecule is COC(=O)c1ccc(CNCCC(=O)O)cc1. The van der Waals surface area contributed by atoms with Crippen molar-refractivity contribution in [2.24, 2.45) is 0 Å². The van der Waals surface area contributed by atoms with Crippen LogP contribution >= 0.6 is 0 Å². The highest BCUT2D eigenvalue weighted by atomic mass is 16.5. The maximum absolute atomic E-state index is 11.2. The summed E-state index contributed by atoms with van der Waals surface area (Å²) in [4.78, 5) is 21.4. The Kier molecular flexibility index (Phi) is 5.16. The fraction of sp³-hybridized carbons (Fsp3) is 0.333. The predicted octanol–water partition coefficient (Wildman–Crippen LogP) is 1.04. The van der Waals surface area contributed by atoms with E-state index in [-0.39, 0.29) is 12.4 Å². The van der Waals surface area contributed by atoms with E-state index in [2.05, 4.69) is 10.1 Å². The third-order valence-corrected chi connectivity index (χ3v) is 2.22. The van der Waals surface area contributed by atoms with E-state index in [0.29, 0.717) is 18.7 Å². The van der Waals surface area contributed by atoms with Crippen LogP contribution in [-0.2, 0) is 16.1 Å². The summed E-state index contributed by atoms with van der Waals surface area (Å²) in [7, 11) is 1.34. The molecule has 0 bridgehead atoms. The number of carboxylic acids is 1. The first-order valence-corrected chi connectivity index (χ1v) is 5.23. The molecule has 5 nitrogen and oxygen atoms in total. The molecule has 0 unspecified atom stereocenters. The lowest BCUT2D eigenvalue weighted by molar-refractivity contribution is -0.136. The van der Waals surface area contributed by atoms with Gasteiger partial charge in [0, 0.05) is 13.1 Å². The molecule has 0 atom stereocenters. The van der Waals surface area contributed by atoms with Crippen molar-refractivity contribution < 1.29 is 19.4 Å². The summed E-state index contributed by atoms with van der Waals surface area (Å²) in [5.41, 5.74) is 1.49. The lowest BCUT2D eigenvalue weighted by Crippen LogP contribution is -2.17. The minimum absolute atomic E-state index is 0.0975. The van der Waals surface area contributed by atoms with E-state index in [1.54, 1.807) is 24.3 Å². The first kappa shape index (κ1) is 13.2. The van der Waals surface area contributed by atoms with Crippen LogP contribution in [0, 0.1) is 0 Å². The number of methoxy groups -OCH3 is 1. The van der Waals surface area contributed by atoms with Gasteiger partial charge in [-0.25, -0.2) is 4.79 Å². The number of rotatable bonds is 6. The molecule has 92 valence electrons. The number of esters is 1. The molecule has 0 aliphatic heterocycles. The Morgan fingerprint density at radius 3 is 2.47 bits per heavy atom. The van der Waals surface area contributed by atoms with E-state index in [1.807, 2.05) is 0 Å². The number of carbonyl (C=O) groups excluding carboxylic acids is 1. The Bertz CT molecular complexity index is 386. The molecule has 0 aromatic heterocycles. The van der Waals surface area contributed by atoms with Crippen LogP contribution in [0.3, 0.4) is 0 Å². The van der Waals surface area contributed by atoms with Crippen molar-refractivity contribution >= 4 is 11.9 Å². The van der Waals surface area contributed by atoms with Gasteiger partial charge in [-0.1, -0.05) is 12.1 Å². The fourth-order valence-electron chi connectivity index (χ4n) is 1.30. The van der Waals surface area contributed by atoms with E-state index < -0.39 is 5.97 Å². The molecule has 2 N–H and O–H groups in total. The number of hydrogen-bond donors (Lipinski definition) is 2. The molecule has 0 fully saturated rings. The zero-order chi connectivity index (χ0) is 12.7. The molecule has 1 aromatic rings. The van der Waals surface area contributed by atoms with Gasteiger partial charge in [-0.2, -0.15) is 0 Å². The first-order chi connectivity index (χ1) is 8.13. The smallest absolute Gasteiger partial charge is 0.337 e. The zero-order valence-electron chi connectivity index (χ0n) is 9.60. The highest BCUT2D eigenvalue weighted by Crippen LogP contribution is 2.05. The van der Waals surface area contributed by atoms with Crippen LogP contribution in [0.2, 0.25) is 0 Å². The van der Waals surface area contributed by atoms with Crippen molar-refractivity contribution in [3.63, 3.8) is 0 Å². The lowest BCUT2D eigenvalue weighted by Gasteiger charge is -2.04. The topological polar surface area (TPSA) is 75.6 Å². The largest absolute Gasteiger partial charge is 0.481 e. The quantitative estimate of drug-likeness (QED) is 0.571. The number of aliphatic carboxylic acids is 1. The van der Waals surface area contributed by atoms with Crippen molar-refractivity contribution in [1.29, 1.82) is 0 Å². The van der Waals surface area contributed by atoms with E-state index in [1.165, 1.54) is 7.11 Å². The summed E-state index contributed by atoms with van der Waals surface area (Å²) in [6.07, 6.45) is 0.0975. The Balaban J connectivity index is 2.40. The van der Waals surface area contributed by atoms with Gasteiger partial charge < -0.3 is 15.2 Å².